The molecular weight excluding hydrogens is 392 g/mol. The van der Waals surface area contributed by atoms with Crippen molar-refractivity contribution in [2.45, 2.75) is 43.8 Å². The minimum atomic E-state index is -2.74. The summed E-state index contributed by atoms with van der Waals surface area (Å²) in [5.41, 5.74) is -5.35. The van der Waals surface area contributed by atoms with Gasteiger partial charge in [0.05, 0.1) is 32.3 Å². The summed E-state index contributed by atoms with van der Waals surface area (Å²) in [5.74, 6) is -9.25. The third kappa shape index (κ3) is 10.7. The quantitative estimate of drug-likeness (QED) is 0.181. The number of hydrogen-bond donors (Lipinski definition) is 7. The van der Waals surface area contributed by atoms with Crippen molar-refractivity contribution in [2.75, 3.05) is 6.61 Å². The van der Waals surface area contributed by atoms with Gasteiger partial charge >= 0.3 is 35.8 Å². The maximum Gasteiger partial charge on any atom is 0.336 e. The van der Waals surface area contributed by atoms with Gasteiger partial charge in [-0.2, -0.15) is 0 Å². The highest BCUT2D eigenvalue weighted by Crippen LogP contribution is 2.17. The van der Waals surface area contributed by atoms with Crippen molar-refractivity contribution in [3.63, 3.8) is 0 Å². The van der Waals surface area contributed by atoms with Gasteiger partial charge in [-0.1, -0.05) is 0 Å². The van der Waals surface area contributed by atoms with Gasteiger partial charge < -0.3 is 40.5 Å². The van der Waals surface area contributed by atoms with Crippen molar-refractivity contribution in [1.29, 1.82) is 0 Å². The summed E-state index contributed by atoms with van der Waals surface area (Å²) in [6.07, 6.45) is -4.23. The van der Waals surface area contributed by atoms with Gasteiger partial charge in [0.1, 0.15) is 0 Å². The van der Waals surface area contributed by atoms with E-state index < -0.39 is 72.7 Å². The first-order valence-electron chi connectivity index (χ1n) is 7.32. The van der Waals surface area contributed by atoms with Crippen LogP contribution in [0.3, 0.4) is 0 Å². The normalized spacial score (nSPS) is 12.5. The van der Waals surface area contributed by atoms with Gasteiger partial charge in [-0.25, -0.2) is 9.59 Å². The maximum absolute atomic E-state index is 10.9. The van der Waals surface area contributed by atoms with Crippen LogP contribution in [0.1, 0.15) is 32.6 Å². The average molecular weight is 412 g/mol. The van der Waals surface area contributed by atoms with E-state index in [9.17, 15) is 33.9 Å². The Bertz CT molecular complexity index is 608. The van der Waals surface area contributed by atoms with Gasteiger partial charge in [0.2, 0.25) is 0 Å². The Kier molecular flexibility index (Phi) is 11.0. The molecule has 0 aromatic carbocycles. The van der Waals surface area contributed by atoms with Crippen LogP contribution in [0.15, 0.2) is 0 Å². The van der Waals surface area contributed by atoms with Crippen LogP contribution in [0.5, 0.6) is 0 Å². The number of hydrogen-bond acceptors (Lipinski definition) is 9. The van der Waals surface area contributed by atoms with Crippen molar-refractivity contribution >= 4 is 35.8 Å². The zero-order chi connectivity index (χ0) is 22.7. The van der Waals surface area contributed by atoms with Crippen LogP contribution >= 0.6 is 0 Å². The largest absolute Gasteiger partial charge is 0.481 e. The minimum absolute atomic E-state index is 0.0294. The van der Waals surface area contributed by atoms with E-state index in [1.165, 1.54) is 6.92 Å². The number of carboxylic acids is 5. The Morgan fingerprint density at radius 1 is 0.643 bits per heavy atom. The molecule has 0 heterocycles. The highest BCUT2D eigenvalue weighted by Gasteiger charge is 2.41. The molecule has 0 saturated heterocycles. The van der Waals surface area contributed by atoms with Crippen LogP contribution in [0.25, 0.3) is 0 Å². The molecule has 0 rings (SSSR count). The van der Waals surface area contributed by atoms with Gasteiger partial charge in [0.25, 0.3) is 0 Å². The van der Waals surface area contributed by atoms with Crippen molar-refractivity contribution in [1.82, 2.24) is 0 Å². The predicted octanol–water partition coefficient (Wildman–Crippen LogP) is -2.02. The fourth-order valence-electron chi connectivity index (χ4n) is 1.63. The molecule has 14 nitrogen and oxygen atoms in total. The van der Waals surface area contributed by atoms with Crippen LogP contribution in [-0.2, 0) is 33.5 Å². The van der Waals surface area contributed by atoms with Gasteiger partial charge in [0, 0.05) is 0 Å². The molecule has 0 bridgehead atoms. The van der Waals surface area contributed by atoms with Crippen molar-refractivity contribution in [2.24, 2.45) is 0 Å². The number of carbonyl (C=O) groups excluding carboxylic acids is 1. The number of aliphatic hydroxyl groups is 2. The van der Waals surface area contributed by atoms with E-state index in [4.69, 9.17) is 30.6 Å². The standard InChI is InChI=1S/C8H12O7.C6H8O7/c1-2-15-6(11)4-8(14,7(12)13)3-5(9)10;7-3(8)1-6(13,5(11)12)2-4(9)10/h14H,2-4H2,1H3,(H,9,10)(H,12,13);13H,1-2H2,(H,7,8)(H,9,10)(H,11,12). The number of ether oxygens (including phenoxy) is 1. The van der Waals surface area contributed by atoms with Gasteiger partial charge in [-0.3, -0.25) is 19.2 Å². The minimum Gasteiger partial charge on any atom is -0.481 e. The highest BCUT2D eigenvalue weighted by molar-refractivity contribution is 5.89. The molecule has 1 atom stereocenters. The van der Waals surface area contributed by atoms with Crippen LogP contribution in [0.2, 0.25) is 0 Å². The highest BCUT2D eigenvalue weighted by atomic mass is 16.5. The smallest absolute Gasteiger partial charge is 0.336 e. The van der Waals surface area contributed by atoms with Crippen LogP contribution in [0, 0.1) is 0 Å². The molecule has 0 aromatic heterocycles. The van der Waals surface area contributed by atoms with E-state index >= 15 is 0 Å². The summed E-state index contributed by atoms with van der Waals surface area (Å²) >= 11 is 0. The number of carboxylic acid groups (broad SMARTS) is 5. The molecule has 0 amide bonds. The molecule has 0 aromatic rings. The summed E-state index contributed by atoms with van der Waals surface area (Å²) in [6, 6.07) is 0. The Morgan fingerprint density at radius 2 is 0.929 bits per heavy atom. The van der Waals surface area contributed by atoms with Gasteiger partial charge in [0.15, 0.2) is 11.2 Å². The third-order valence-corrected chi connectivity index (χ3v) is 2.87. The molecule has 14 heteroatoms. The van der Waals surface area contributed by atoms with Gasteiger partial charge in [-0.05, 0) is 6.92 Å². The number of carbonyl (C=O) groups is 6. The second-order valence-electron chi connectivity index (χ2n) is 5.37. The molecule has 160 valence electrons. The number of aliphatic carboxylic acids is 5. The summed E-state index contributed by atoms with van der Waals surface area (Å²) in [7, 11) is 0. The van der Waals surface area contributed by atoms with Crippen molar-refractivity contribution in [3.05, 3.63) is 0 Å². The Labute approximate surface area is 156 Å². The van der Waals surface area contributed by atoms with Crippen LogP contribution < -0.4 is 0 Å². The number of rotatable bonds is 11. The Balaban J connectivity index is 0. The Hall–Kier alpha value is -3.26. The lowest BCUT2D eigenvalue weighted by molar-refractivity contribution is -0.171. The molecular formula is C14H20O14. The lowest BCUT2D eigenvalue weighted by Gasteiger charge is -2.19. The molecule has 0 aliphatic heterocycles. The van der Waals surface area contributed by atoms with Gasteiger partial charge in [-0.15, -0.1) is 0 Å². The molecule has 0 aliphatic carbocycles. The first-order chi connectivity index (χ1) is 12.6. The van der Waals surface area contributed by atoms with E-state index in [2.05, 4.69) is 4.74 Å². The van der Waals surface area contributed by atoms with Crippen LogP contribution in [0.4, 0.5) is 0 Å². The monoisotopic (exact) mass is 412 g/mol. The van der Waals surface area contributed by atoms with Crippen LogP contribution in [-0.4, -0.2) is 89.4 Å². The van der Waals surface area contributed by atoms with Crippen molar-refractivity contribution in [3.8, 4) is 0 Å². The predicted molar refractivity (Wildman–Crippen MR) is 83.2 cm³/mol. The van der Waals surface area contributed by atoms with E-state index in [1.807, 2.05) is 0 Å². The average Bonchev–Trinajstić information content (AvgIpc) is 2.44. The van der Waals surface area contributed by atoms with E-state index in [0.717, 1.165) is 0 Å². The van der Waals surface area contributed by atoms with E-state index in [-0.39, 0.29) is 6.61 Å². The second kappa shape index (κ2) is 11.5. The SMILES string of the molecule is CCOC(=O)CC(O)(CC(=O)O)C(=O)O.O=C(O)CC(O)(CC(=O)O)C(=O)O. The van der Waals surface area contributed by atoms with Crippen molar-refractivity contribution < 1.29 is 69.2 Å². The van der Waals surface area contributed by atoms with E-state index in [1.54, 1.807) is 0 Å². The molecule has 7 N–H and O–H groups in total. The zero-order valence-electron chi connectivity index (χ0n) is 14.5. The first kappa shape index (κ1) is 27.0. The summed E-state index contributed by atoms with van der Waals surface area (Å²) < 4.78 is 4.41. The number of esters is 1. The molecule has 1 unspecified atom stereocenters. The zero-order valence-corrected chi connectivity index (χ0v) is 14.5. The lowest BCUT2D eigenvalue weighted by Crippen LogP contribution is -2.43. The molecule has 28 heavy (non-hydrogen) atoms. The topological polar surface area (TPSA) is 253 Å². The Morgan fingerprint density at radius 3 is 1.14 bits per heavy atom. The summed E-state index contributed by atoms with van der Waals surface area (Å²) in [4.78, 5) is 62.2. The molecule has 0 aliphatic rings. The van der Waals surface area contributed by atoms with E-state index in [0.29, 0.717) is 0 Å². The molecule has 0 radical (unpaired) electrons. The molecule has 0 saturated carbocycles. The maximum atomic E-state index is 10.9. The first-order valence-corrected chi connectivity index (χ1v) is 7.32. The fourth-order valence-corrected chi connectivity index (χ4v) is 1.63. The molecule has 0 fully saturated rings. The third-order valence-electron chi connectivity index (χ3n) is 2.87. The molecule has 0 spiro atoms. The lowest BCUT2D eigenvalue weighted by atomic mass is 9.96. The summed E-state index contributed by atoms with van der Waals surface area (Å²) in [5, 5.41) is 60.1. The second-order valence-corrected chi connectivity index (χ2v) is 5.37. The fraction of sp³-hybridized carbons (Fsp3) is 0.571. The summed E-state index contributed by atoms with van der Waals surface area (Å²) in [6.45, 7) is 1.54.